The summed E-state index contributed by atoms with van der Waals surface area (Å²) in [6, 6.07) is 0. The number of rotatable bonds is 5. The maximum atomic E-state index is 12.3. The molecule has 0 aliphatic carbocycles. The molecule has 1 amide bonds. The lowest BCUT2D eigenvalue weighted by molar-refractivity contribution is -0.162. The van der Waals surface area contributed by atoms with Crippen LogP contribution in [0.2, 0.25) is 0 Å². The van der Waals surface area contributed by atoms with Crippen LogP contribution in [-0.4, -0.2) is 60.4 Å². The molecule has 6 nitrogen and oxygen atoms in total. The molecule has 1 heterocycles. The lowest BCUT2D eigenvalue weighted by Gasteiger charge is -2.37. The quantitative estimate of drug-likeness (QED) is 0.778. The van der Waals surface area contributed by atoms with Crippen molar-refractivity contribution in [2.75, 3.05) is 26.8 Å². The van der Waals surface area contributed by atoms with Gasteiger partial charge in [-0.1, -0.05) is 6.92 Å². The lowest BCUT2D eigenvalue weighted by atomic mass is 10.0. The van der Waals surface area contributed by atoms with Crippen molar-refractivity contribution in [2.45, 2.75) is 38.4 Å². The van der Waals surface area contributed by atoms with Gasteiger partial charge in [-0.3, -0.25) is 9.59 Å². The van der Waals surface area contributed by atoms with Gasteiger partial charge >= 0.3 is 5.97 Å². The highest BCUT2D eigenvalue weighted by molar-refractivity contribution is 5.85. The van der Waals surface area contributed by atoms with Crippen molar-refractivity contribution in [3.63, 3.8) is 0 Å². The van der Waals surface area contributed by atoms with E-state index in [1.807, 2.05) is 6.92 Å². The van der Waals surface area contributed by atoms with Crippen molar-refractivity contribution in [3.05, 3.63) is 0 Å². The molecule has 0 aromatic heterocycles. The Labute approximate surface area is 107 Å². The fraction of sp³-hybridized carbons (Fsp3) is 0.833. The molecule has 0 saturated carbocycles. The summed E-state index contributed by atoms with van der Waals surface area (Å²) in [6.07, 6.45) is 0.0567. The Bertz CT molecular complexity index is 314. The van der Waals surface area contributed by atoms with Crippen LogP contribution in [0.5, 0.6) is 0 Å². The van der Waals surface area contributed by atoms with Gasteiger partial charge in [-0.05, 0) is 13.3 Å². The second-order valence-electron chi connectivity index (χ2n) is 4.63. The Kier molecular flexibility index (Phi) is 5.10. The predicted octanol–water partition coefficient (Wildman–Crippen LogP) is 0.504. The number of methoxy groups -OCH3 is 1. The van der Waals surface area contributed by atoms with Crippen molar-refractivity contribution in [2.24, 2.45) is 0 Å². The van der Waals surface area contributed by atoms with Crippen LogP contribution >= 0.6 is 0 Å². The minimum Gasteiger partial charge on any atom is -0.481 e. The van der Waals surface area contributed by atoms with Crippen LogP contribution in [-0.2, 0) is 19.1 Å². The SMILES string of the molecule is CCC(C)(OC)C(=O)N1CCOC(CC(=O)O)C1. The fourth-order valence-corrected chi connectivity index (χ4v) is 1.94. The number of ether oxygens (including phenoxy) is 2. The standard InChI is InChI=1S/C12H21NO5/c1-4-12(2,17-3)11(16)13-5-6-18-9(8-13)7-10(14)15/h9H,4-8H2,1-3H3,(H,14,15). The third-order valence-electron chi connectivity index (χ3n) is 3.41. The van der Waals surface area contributed by atoms with Crippen LogP contribution in [0.15, 0.2) is 0 Å². The van der Waals surface area contributed by atoms with Gasteiger partial charge in [0.1, 0.15) is 5.60 Å². The Hall–Kier alpha value is -1.14. The molecular weight excluding hydrogens is 238 g/mol. The maximum Gasteiger partial charge on any atom is 0.306 e. The predicted molar refractivity (Wildman–Crippen MR) is 64.3 cm³/mol. The molecule has 0 aromatic rings. The highest BCUT2D eigenvalue weighted by Gasteiger charge is 2.37. The number of carbonyl (C=O) groups excluding carboxylic acids is 1. The molecule has 0 spiro atoms. The summed E-state index contributed by atoms with van der Waals surface area (Å²) >= 11 is 0. The van der Waals surface area contributed by atoms with Crippen molar-refractivity contribution >= 4 is 11.9 Å². The Morgan fingerprint density at radius 3 is 2.72 bits per heavy atom. The molecule has 1 rings (SSSR count). The Balaban J connectivity index is 2.66. The molecule has 1 saturated heterocycles. The fourth-order valence-electron chi connectivity index (χ4n) is 1.94. The smallest absolute Gasteiger partial charge is 0.306 e. The molecule has 1 fully saturated rings. The summed E-state index contributed by atoms with van der Waals surface area (Å²) in [5.74, 6) is -1.02. The van der Waals surface area contributed by atoms with Crippen molar-refractivity contribution in [1.82, 2.24) is 4.90 Å². The molecule has 2 unspecified atom stereocenters. The molecule has 2 atom stereocenters. The van der Waals surface area contributed by atoms with Crippen molar-refractivity contribution in [3.8, 4) is 0 Å². The van der Waals surface area contributed by atoms with Gasteiger partial charge < -0.3 is 19.5 Å². The first kappa shape index (κ1) is 14.9. The molecular formula is C12H21NO5. The third-order valence-corrected chi connectivity index (χ3v) is 3.41. The molecule has 1 aliphatic heterocycles. The average Bonchev–Trinajstić information content (AvgIpc) is 2.36. The molecule has 18 heavy (non-hydrogen) atoms. The number of morpholine rings is 1. The van der Waals surface area contributed by atoms with E-state index in [1.165, 1.54) is 7.11 Å². The number of carbonyl (C=O) groups is 2. The number of carboxylic acids is 1. The van der Waals surface area contributed by atoms with E-state index in [4.69, 9.17) is 14.6 Å². The van der Waals surface area contributed by atoms with Crippen LogP contribution in [0.4, 0.5) is 0 Å². The van der Waals surface area contributed by atoms with E-state index in [-0.39, 0.29) is 12.3 Å². The van der Waals surface area contributed by atoms with Crippen LogP contribution in [0.1, 0.15) is 26.7 Å². The molecule has 6 heteroatoms. The topological polar surface area (TPSA) is 76.1 Å². The molecule has 104 valence electrons. The maximum absolute atomic E-state index is 12.3. The van der Waals surface area contributed by atoms with E-state index < -0.39 is 17.7 Å². The zero-order chi connectivity index (χ0) is 13.8. The Morgan fingerprint density at radius 1 is 1.56 bits per heavy atom. The zero-order valence-corrected chi connectivity index (χ0v) is 11.1. The minimum atomic E-state index is -0.917. The second-order valence-corrected chi connectivity index (χ2v) is 4.63. The van der Waals surface area contributed by atoms with Crippen LogP contribution < -0.4 is 0 Å². The molecule has 0 radical (unpaired) electrons. The van der Waals surface area contributed by atoms with Gasteiger partial charge in [-0.2, -0.15) is 0 Å². The largest absolute Gasteiger partial charge is 0.481 e. The highest BCUT2D eigenvalue weighted by Crippen LogP contribution is 2.20. The van der Waals surface area contributed by atoms with Crippen LogP contribution in [0, 0.1) is 0 Å². The molecule has 0 bridgehead atoms. The van der Waals surface area contributed by atoms with E-state index in [2.05, 4.69) is 0 Å². The summed E-state index contributed by atoms with van der Waals surface area (Å²) in [7, 11) is 1.51. The first-order valence-corrected chi connectivity index (χ1v) is 6.11. The van der Waals surface area contributed by atoms with Crippen molar-refractivity contribution < 1.29 is 24.2 Å². The number of hydrogen-bond donors (Lipinski definition) is 1. The van der Waals surface area contributed by atoms with E-state index in [0.717, 1.165) is 0 Å². The van der Waals surface area contributed by atoms with Gasteiger partial charge in [0.05, 0.1) is 19.1 Å². The zero-order valence-electron chi connectivity index (χ0n) is 11.1. The van der Waals surface area contributed by atoms with Gasteiger partial charge in [-0.15, -0.1) is 0 Å². The molecule has 1 N–H and O–H groups in total. The van der Waals surface area contributed by atoms with E-state index in [0.29, 0.717) is 26.1 Å². The van der Waals surface area contributed by atoms with Gasteiger partial charge in [0.2, 0.25) is 0 Å². The van der Waals surface area contributed by atoms with Gasteiger partial charge in [0.15, 0.2) is 0 Å². The normalized spacial score (nSPS) is 23.5. The Morgan fingerprint density at radius 2 is 2.22 bits per heavy atom. The summed E-state index contributed by atoms with van der Waals surface area (Å²) in [5.41, 5.74) is -0.842. The highest BCUT2D eigenvalue weighted by atomic mass is 16.5. The third kappa shape index (κ3) is 3.43. The van der Waals surface area contributed by atoms with E-state index in [1.54, 1.807) is 11.8 Å². The first-order chi connectivity index (χ1) is 8.42. The van der Waals surface area contributed by atoms with Gasteiger partial charge in [-0.25, -0.2) is 0 Å². The number of nitrogens with zero attached hydrogens (tertiary/aromatic N) is 1. The lowest BCUT2D eigenvalue weighted by Crippen LogP contribution is -2.54. The molecule has 0 aromatic carbocycles. The van der Waals surface area contributed by atoms with Crippen molar-refractivity contribution in [1.29, 1.82) is 0 Å². The second kappa shape index (κ2) is 6.15. The average molecular weight is 259 g/mol. The first-order valence-electron chi connectivity index (χ1n) is 6.11. The van der Waals surface area contributed by atoms with Crippen LogP contribution in [0.3, 0.4) is 0 Å². The van der Waals surface area contributed by atoms with Crippen LogP contribution in [0.25, 0.3) is 0 Å². The van der Waals surface area contributed by atoms with E-state index >= 15 is 0 Å². The van der Waals surface area contributed by atoms with Gasteiger partial charge in [0, 0.05) is 20.2 Å². The number of amides is 1. The monoisotopic (exact) mass is 259 g/mol. The number of aliphatic carboxylic acids is 1. The summed E-state index contributed by atoms with van der Waals surface area (Å²) in [6.45, 7) is 4.79. The number of hydrogen-bond acceptors (Lipinski definition) is 4. The van der Waals surface area contributed by atoms with E-state index in [9.17, 15) is 9.59 Å². The number of carboxylic acid groups (broad SMARTS) is 1. The molecule has 1 aliphatic rings. The summed E-state index contributed by atoms with van der Waals surface area (Å²) in [5, 5.41) is 8.73. The summed E-state index contributed by atoms with van der Waals surface area (Å²) in [4.78, 5) is 24.6. The summed E-state index contributed by atoms with van der Waals surface area (Å²) < 4.78 is 10.6. The van der Waals surface area contributed by atoms with Gasteiger partial charge in [0.25, 0.3) is 5.91 Å². The minimum absolute atomic E-state index is 0.0837.